The number of nitrogens with zero attached hydrogens (tertiary/aromatic N) is 1. The van der Waals surface area contributed by atoms with Crippen molar-refractivity contribution in [1.29, 1.82) is 0 Å². The number of aromatic amines is 1. The van der Waals surface area contributed by atoms with Gasteiger partial charge in [-0.3, -0.25) is 9.78 Å². The van der Waals surface area contributed by atoms with Crippen molar-refractivity contribution in [2.24, 2.45) is 0 Å². The lowest BCUT2D eigenvalue weighted by Gasteiger charge is -2.21. The Labute approximate surface area is 99.9 Å². The fourth-order valence-electron chi connectivity index (χ4n) is 2.74. The maximum absolute atomic E-state index is 12.0. The highest BCUT2D eigenvalue weighted by atomic mass is 16.1. The topological polar surface area (TPSA) is 45.8 Å². The molecule has 1 fully saturated rings. The van der Waals surface area contributed by atoms with Crippen LogP contribution in [-0.2, 0) is 0 Å². The van der Waals surface area contributed by atoms with Crippen LogP contribution >= 0.6 is 0 Å². The second kappa shape index (κ2) is 4.32. The van der Waals surface area contributed by atoms with Crippen LogP contribution in [0.2, 0.25) is 0 Å². The average molecular weight is 228 g/mol. The molecule has 88 valence electrons. The second-order valence-corrected chi connectivity index (χ2v) is 4.85. The molecule has 17 heavy (non-hydrogen) atoms. The Morgan fingerprint density at radius 1 is 1.24 bits per heavy atom. The Balaban J connectivity index is 2.08. The minimum atomic E-state index is 0.0902. The second-order valence-electron chi connectivity index (χ2n) is 4.85. The van der Waals surface area contributed by atoms with Crippen LogP contribution in [0.1, 0.15) is 43.7 Å². The van der Waals surface area contributed by atoms with Gasteiger partial charge >= 0.3 is 0 Å². The summed E-state index contributed by atoms with van der Waals surface area (Å²) in [7, 11) is 0. The molecular formula is C14H16N2O. The molecular weight excluding hydrogens is 212 g/mol. The maximum Gasteiger partial charge on any atom is 0.191 e. The van der Waals surface area contributed by atoms with Crippen molar-refractivity contribution in [3.63, 3.8) is 0 Å². The van der Waals surface area contributed by atoms with Crippen molar-refractivity contribution in [3.8, 4) is 0 Å². The smallest absolute Gasteiger partial charge is 0.191 e. The van der Waals surface area contributed by atoms with Crippen LogP contribution in [0.15, 0.2) is 29.3 Å². The van der Waals surface area contributed by atoms with Crippen molar-refractivity contribution in [1.82, 2.24) is 9.97 Å². The molecule has 0 spiro atoms. The lowest BCUT2D eigenvalue weighted by Crippen LogP contribution is -2.11. The summed E-state index contributed by atoms with van der Waals surface area (Å²) in [6, 6.07) is 3.64. The summed E-state index contributed by atoms with van der Waals surface area (Å²) in [5, 5.41) is 0.687. The van der Waals surface area contributed by atoms with Gasteiger partial charge in [0.2, 0.25) is 0 Å². The van der Waals surface area contributed by atoms with Crippen LogP contribution < -0.4 is 5.43 Å². The number of hydrogen-bond acceptors (Lipinski definition) is 2. The molecule has 3 rings (SSSR count). The Bertz CT molecular complexity index is 582. The lowest BCUT2D eigenvalue weighted by molar-refractivity contribution is 0.437. The zero-order chi connectivity index (χ0) is 11.7. The molecule has 0 saturated heterocycles. The van der Waals surface area contributed by atoms with E-state index in [4.69, 9.17) is 0 Å². The van der Waals surface area contributed by atoms with E-state index in [0.717, 1.165) is 11.2 Å². The number of nitrogens with one attached hydrogen (secondary N) is 1. The molecule has 1 aliphatic rings. The van der Waals surface area contributed by atoms with Gasteiger partial charge in [-0.2, -0.15) is 0 Å². The summed E-state index contributed by atoms with van der Waals surface area (Å²) < 4.78 is 0. The minimum Gasteiger partial charge on any atom is -0.358 e. The van der Waals surface area contributed by atoms with Crippen LogP contribution in [0.5, 0.6) is 0 Å². The first-order chi connectivity index (χ1) is 8.34. The van der Waals surface area contributed by atoms with Gasteiger partial charge in [0.05, 0.1) is 10.9 Å². The SMILES string of the molecule is O=c1cc(C2CCCCC2)[nH]c2ccncc12. The standard InChI is InChI=1S/C14H16N2O/c17-14-8-13(10-4-2-1-3-5-10)16-12-6-7-15-9-11(12)14/h6-10H,1-5H2,(H,16,17). The summed E-state index contributed by atoms with van der Waals surface area (Å²) in [4.78, 5) is 19.4. The Morgan fingerprint density at radius 3 is 2.88 bits per heavy atom. The average Bonchev–Trinajstić information content (AvgIpc) is 2.40. The third-order valence-electron chi connectivity index (χ3n) is 3.70. The quantitative estimate of drug-likeness (QED) is 0.815. The van der Waals surface area contributed by atoms with Crippen molar-refractivity contribution < 1.29 is 0 Å². The summed E-state index contributed by atoms with van der Waals surface area (Å²) in [5.41, 5.74) is 2.11. The van der Waals surface area contributed by atoms with Gasteiger partial charge in [-0.1, -0.05) is 19.3 Å². The van der Waals surface area contributed by atoms with E-state index in [1.54, 1.807) is 18.5 Å². The Kier molecular flexibility index (Phi) is 2.67. The van der Waals surface area contributed by atoms with Crippen LogP contribution in [0.3, 0.4) is 0 Å². The highest BCUT2D eigenvalue weighted by Crippen LogP contribution is 2.31. The van der Waals surface area contributed by atoms with Gasteiger partial charge in [0.25, 0.3) is 0 Å². The van der Waals surface area contributed by atoms with Crippen molar-refractivity contribution in [2.45, 2.75) is 38.0 Å². The molecule has 2 heterocycles. The van der Waals surface area contributed by atoms with Crippen molar-refractivity contribution in [2.75, 3.05) is 0 Å². The molecule has 1 N–H and O–H groups in total. The van der Waals surface area contributed by atoms with Gasteiger partial charge in [-0.25, -0.2) is 0 Å². The van der Waals surface area contributed by atoms with Crippen LogP contribution in [-0.4, -0.2) is 9.97 Å². The fraction of sp³-hybridized carbons (Fsp3) is 0.429. The highest BCUT2D eigenvalue weighted by molar-refractivity contribution is 5.77. The third kappa shape index (κ3) is 1.97. The zero-order valence-electron chi connectivity index (χ0n) is 9.78. The van der Waals surface area contributed by atoms with E-state index in [-0.39, 0.29) is 5.43 Å². The van der Waals surface area contributed by atoms with Crippen LogP contribution in [0.25, 0.3) is 10.9 Å². The van der Waals surface area contributed by atoms with Gasteiger partial charge in [0.1, 0.15) is 0 Å². The van der Waals surface area contributed by atoms with E-state index in [0.29, 0.717) is 11.3 Å². The molecule has 3 heteroatoms. The number of aromatic nitrogens is 2. The first kappa shape index (κ1) is 10.5. The molecule has 0 radical (unpaired) electrons. The van der Waals surface area contributed by atoms with E-state index in [9.17, 15) is 4.79 Å². The number of rotatable bonds is 1. The van der Waals surface area contributed by atoms with E-state index < -0.39 is 0 Å². The molecule has 0 amide bonds. The first-order valence-corrected chi connectivity index (χ1v) is 6.31. The van der Waals surface area contributed by atoms with Gasteiger partial charge in [0, 0.05) is 24.2 Å². The summed E-state index contributed by atoms with van der Waals surface area (Å²) in [5.74, 6) is 0.536. The molecule has 1 aliphatic carbocycles. The lowest BCUT2D eigenvalue weighted by atomic mass is 9.86. The third-order valence-corrected chi connectivity index (χ3v) is 3.70. The highest BCUT2D eigenvalue weighted by Gasteiger charge is 2.17. The summed E-state index contributed by atoms with van der Waals surface area (Å²) in [6.07, 6.45) is 9.65. The Morgan fingerprint density at radius 2 is 2.06 bits per heavy atom. The number of hydrogen-bond donors (Lipinski definition) is 1. The fourth-order valence-corrected chi connectivity index (χ4v) is 2.74. The molecule has 3 nitrogen and oxygen atoms in total. The van der Waals surface area contributed by atoms with Crippen molar-refractivity contribution in [3.05, 3.63) is 40.4 Å². The van der Waals surface area contributed by atoms with Gasteiger partial charge in [0.15, 0.2) is 5.43 Å². The van der Waals surface area contributed by atoms with E-state index in [1.165, 1.54) is 32.1 Å². The van der Waals surface area contributed by atoms with Gasteiger partial charge < -0.3 is 4.98 Å². The van der Waals surface area contributed by atoms with Gasteiger partial charge in [-0.15, -0.1) is 0 Å². The minimum absolute atomic E-state index is 0.0902. The predicted molar refractivity (Wildman–Crippen MR) is 68.2 cm³/mol. The molecule has 0 aliphatic heterocycles. The summed E-state index contributed by atoms with van der Waals surface area (Å²) in [6.45, 7) is 0. The van der Waals surface area contributed by atoms with Crippen molar-refractivity contribution >= 4 is 10.9 Å². The first-order valence-electron chi connectivity index (χ1n) is 6.31. The number of H-pyrrole nitrogens is 1. The molecule has 0 atom stereocenters. The van der Waals surface area contributed by atoms with Crippen LogP contribution in [0, 0.1) is 0 Å². The molecule has 0 unspecified atom stereocenters. The van der Waals surface area contributed by atoms with E-state index in [2.05, 4.69) is 9.97 Å². The maximum atomic E-state index is 12.0. The zero-order valence-corrected chi connectivity index (χ0v) is 9.78. The van der Waals surface area contributed by atoms with E-state index >= 15 is 0 Å². The summed E-state index contributed by atoms with van der Waals surface area (Å²) >= 11 is 0. The van der Waals surface area contributed by atoms with Gasteiger partial charge in [-0.05, 0) is 24.8 Å². The monoisotopic (exact) mass is 228 g/mol. The predicted octanol–water partition coefficient (Wildman–Crippen LogP) is 2.97. The normalized spacial score (nSPS) is 17.4. The molecule has 2 aromatic rings. The number of fused-ring (bicyclic) bond motifs is 1. The Hall–Kier alpha value is -1.64. The largest absolute Gasteiger partial charge is 0.358 e. The molecule has 0 aromatic carbocycles. The van der Waals surface area contributed by atoms with Crippen LogP contribution in [0.4, 0.5) is 0 Å². The molecule has 2 aromatic heterocycles. The van der Waals surface area contributed by atoms with E-state index in [1.807, 2.05) is 6.07 Å². The number of pyridine rings is 2. The molecule has 1 saturated carbocycles. The molecule has 0 bridgehead atoms.